The molecule has 0 aliphatic carbocycles. The van der Waals surface area contributed by atoms with E-state index < -0.39 is 11.5 Å². The average molecular weight is 337 g/mol. The smallest absolute Gasteiger partial charge is 0.333 e. The molecule has 0 aromatic heterocycles. The van der Waals surface area contributed by atoms with Gasteiger partial charge in [-0.15, -0.1) is 0 Å². The van der Waals surface area contributed by atoms with Crippen molar-refractivity contribution in [3.63, 3.8) is 0 Å². The molecular weight excluding hydrogens is 321 g/mol. The first-order valence-corrected chi connectivity index (χ1v) is 10.0. The number of nitro groups is 1. The van der Waals surface area contributed by atoms with E-state index in [-0.39, 0.29) is 5.69 Å². The van der Waals surface area contributed by atoms with Crippen molar-refractivity contribution in [1.29, 1.82) is 0 Å². The summed E-state index contributed by atoms with van der Waals surface area (Å²) in [6.07, 6.45) is 0.880. The number of hydrogen-bond donors (Lipinski definition) is 0. The molecule has 0 bridgehead atoms. The zero-order chi connectivity index (χ0) is 16.0. The highest BCUT2D eigenvalue weighted by Crippen LogP contribution is 2.58. The summed E-state index contributed by atoms with van der Waals surface area (Å²) in [6, 6.07) is 14.7. The minimum Gasteiger partial charge on any atom is -0.433 e. The molecule has 1 unspecified atom stereocenters. The van der Waals surface area contributed by atoms with Gasteiger partial charge in [0.25, 0.3) is 5.69 Å². The molecule has 0 aliphatic heterocycles. The van der Waals surface area contributed by atoms with Crippen molar-refractivity contribution >= 4 is 28.9 Å². The van der Waals surface area contributed by atoms with E-state index >= 15 is 0 Å². The fourth-order valence-corrected chi connectivity index (χ4v) is 5.91. The van der Waals surface area contributed by atoms with E-state index in [4.69, 9.17) is 4.52 Å². The van der Waals surface area contributed by atoms with E-state index in [1.54, 1.807) is 12.1 Å². The van der Waals surface area contributed by atoms with Crippen LogP contribution in [0.15, 0.2) is 54.6 Å². The molecule has 0 aliphatic rings. The lowest BCUT2D eigenvalue weighted by Gasteiger charge is -2.18. The van der Waals surface area contributed by atoms with E-state index in [9.17, 15) is 14.7 Å². The molecule has 0 fully saturated rings. The number of nitrogens with zero attached hydrogens (tertiary/aromatic N) is 1. The zero-order valence-corrected chi connectivity index (χ0v) is 13.8. The van der Waals surface area contributed by atoms with Crippen LogP contribution in [0.4, 0.5) is 5.69 Å². The first-order chi connectivity index (χ1) is 10.5. The Bertz CT molecular complexity index is 676. The highest BCUT2D eigenvalue weighted by molar-refractivity contribution is 8.58. The van der Waals surface area contributed by atoms with Gasteiger partial charge in [0, 0.05) is 17.9 Å². The third-order valence-corrected chi connectivity index (χ3v) is 7.55. The molecule has 0 N–H and O–H groups in total. The van der Waals surface area contributed by atoms with Gasteiger partial charge in [0.15, 0.2) is 0 Å². The second-order valence-electron chi connectivity index (χ2n) is 4.51. The Morgan fingerprint density at radius 3 is 2.32 bits per heavy atom. The molecule has 0 amide bonds. The quantitative estimate of drug-likeness (QED) is 0.418. The van der Waals surface area contributed by atoms with Crippen LogP contribution in [0.1, 0.15) is 13.3 Å². The Balaban J connectivity index is 2.27. The van der Waals surface area contributed by atoms with Gasteiger partial charge in [-0.3, -0.25) is 14.7 Å². The van der Waals surface area contributed by atoms with Crippen molar-refractivity contribution in [3.05, 3.63) is 64.7 Å². The Morgan fingerprint density at radius 1 is 1.14 bits per heavy atom. The second-order valence-corrected chi connectivity index (χ2v) is 9.09. The molecule has 0 radical (unpaired) electrons. The largest absolute Gasteiger partial charge is 0.433 e. The normalized spacial score (nSPS) is 13.3. The number of hydrogen-bond acceptors (Lipinski definition) is 5. The highest BCUT2D eigenvalue weighted by Gasteiger charge is 2.28. The molecule has 22 heavy (non-hydrogen) atoms. The molecule has 0 spiro atoms. The number of rotatable bonds is 7. The van der Waals surface area contributed by atoms with E-state index in [0.717, 1.165) is 6.42 Å². The van der Waals surface area contributed by atoms with Gasteiger partial charge >= 0.3 is 6.57 Å². The van der Waals surface area contributed by atoms with E-state index in [2.05, 4.69) is 0 Å². The minimum atomic E-state index is -3.10. The van der Waals surface area contributed by atoms with E-state index in [1.165, 1.54) is 35.6 Å². The van der Waals surface area contributed by atoms with Crippen molar-refractivity contribution in [1.82, 2.24) is 0 Å². The van der Waals surface area contributed by atoms with Gasteiger partial charge in [-0.1, -0.05) is 36.5 Å². The minimum absolute atomic E-state index is 0.0249. The summed E-state index contributed by atoms with van der Waals surface area (Å²) in [5, 5.41) is 11.3. The predicted octanol–water partition coefficient (Wildman–Crippen LogP) is 4.64. The zero-order valence-electron chi connectivity index (χ0n) is 12.0. The molecule has 0 saturated heterocycles. The summed E-state index contributed by atoms with van der Waals surface area (Å²) >= 11 is 1.28. The molecule has 7 heteroatoms. The molecule has 116 valence electrons. The summed E-state index contributed by atoms with van der Waals surface area (Å²) in [4.78, 5) is 10.2. The lowest BCUT2D eigenvalue weighted by molar-refractivity contribution is -0.384. The lowest BCUT2D eigenvalue weighted by atomic mass is 10.3. The van der Waals surface area contributed by atoms with Crippen molar-refractivity contribution in [2.24, 2.45) is 0 Å². The SMILES string of the molecule is CCCSP(=O)(Oc1ccc([N+](=O)[O-])cc1)c1ccccc1. The van der Waals surface area contributed by atoms with Crippen molar-refractivity contribution in [2.45, 2.75) is 13.3 Å². The van der Waals surface area contributed by atoms with E-state index in [0.29, 0.717) is 16.8 Å². The topological polar surface area (TPSA) is 69.4 Å². The summed E-state index contributed by atoms with van der Waals surface area (Å²) in [6.45, 7) is -1.09. The highest BCUT2D eigenvalue weighted by atomic mass is 32.7. The fourth-order valence-electron chi connectivity index (χ4n) is 1.74. The summed E-state index contributed by atoms with van der Waals surface area (Å²) in [5.74, 6) is 1.07. The molecule has 0 heterocycles. The second kappa shape index (κ2) is 7.47. The predicted molar refractivity (Wildman–Crippen MR) is 90.2 cm³/mol. The molecule has 2 rings (SSSR count). The molecule has 2 aromatic rings. The maximum Gasteiger partial charge on any atom is 0.333 e. The van der Waals surface area contributed by atoms with Crippen LogP contribution in [0.25, 0.3) is 0 Å². The van der Waals surface area contributed by atoms with Gasteiger partial charge < -0.3 is 4.52 Å². The van der Waals surface area contributed by atoms with Gasteiger partial charge in [-0.25, -0.2) is 0 Å². The van der Waals surface area contributed by atoms with Gasteiger partial charge in [0.05, 0.1) is 10.2 Å². The van der Waals surface area contributed by atoms with Crippen LogP contribution < -0.4 is 9.83 Å². The van der Waals surface area contributed by atoms with Crippen molar-refractivity contribution in [2.75, 3.05) is 5.75 Å². The maximum absolute atomic E-state index is 13.2. The van der Waals surface area contributed by atoms with Gasteiger partial charge in [0.1, 0.15) is 5.75 Å². The van der Waals surface area contributed by atoms with Crippen LogP contribution >= 0.6 is 18.0 Å². The number of non-ortho nitro benzene ring substituents is 1. The van der Waals surface area contributed by atoms with Gasteiger partial charge in [0.2, 0.25) is 0 Å². The lowest BCUT2D eigenvalue weighted by Crippen LogP contribution is -2.07. The maximum atomic E-state index is 13.2. The molecule has 2 aromatic carbocycles. The third kappa shape index (κ3) is 4.12. The third-order valence-electron chi connectivity index (χ3n) is 2.81. The first-order valence-electron chi connectivity index (χ1n) is 6.79. The Morgan fingerprint density at radius 2 is 1.77 bits per heavy atom. The van der Waals surface area contributed by atoms with Crippen LogP contribution in [-0.2, 0) is 4.57 Å². The van der Waals surface area contributed by atoms with Crippen LogP contribution in [0, 0.1) is 10.1 Å². The Labute approximate surface area is 133 Å². The molecule has 1 atom stereocenters. The monoisotopic (exact) mass is 337 g/mol. The first kappa shape index (κ1) is 16.6. The fraction of sp³-hybridized carbons (Fsp3) is 0.200. The summed E-state index contributed by atoms with van der Waals surface area (Å²) in [5.41, 5.74) is -0.0249. The van der Waals surface area contributed by atoms with Crippen LogP contribution in [0.3, 0.4) is 0 Å². The van der Waals surface area contributed by atoms with Crippen molar-refractivity contribution < 1.29 is 14.0 Å². The molecule has 5 nitrogen and oxygen atoms in total. The average Bonchev–Trinajstić information content (AvgIpc) is 2.54. The molecular formula is C15H16NO4PS. The van der Waals surface area contributed by atoms with E-state index in [1.807, 2.05) is 25.1 Å². The summed E-state index contributed by atoms with van der Waals surface area (Å²) < 4.78 is 18.9. The van der Waals surface area contributed by atoms with Crippen LogP contribution in [0.2, 0.25) is 0 Å². The Kier molecular flexibility index (Phi) is 5.63. The standard InChI is InChI=1S/C15H16NO4PS/c1-2-12-22-21(19,15-6-4-3-5-7-15)20-14-10-8-13(9-11-14)16(17)18/h3-11H,2,12H2,1H3. The summed E-state index contributed by atoms with van der Waals surface area (Å²) in [7, 11) is 0. The molecule has 0 saturated carbocycles. The van der Waals surface area contributed by atoms with Gasteiger partial charge in [-0.2, -0.15) is 0 Å². The number of nitro benzene ring substituents is 1. The van der Waals surface area contributed by atoms with Gasteiger partial charge in [-0.05, 0) is 30.7 Å². The van der Waals surface area contributed by atoms with Crippen LogP contribution in [-0.4, -0.2) is 10.7 Å². The van der Waals surface area contributed by atoms with Crippen LogP contribution in [0.5, 0.6) is 5.75 Å². The number of benzene rings is 2. The Hall–Kier alpha value is -1.78. The van der Waals surface area contributed by atoms with Crippen molar-refractivity contribution in [3.8, 4) is 5.75 Å².